The van der Waals surface area contributed by atoms with E-state index < -0.39 is 5.91 Å². The van der Waals surface area contributed by atoms with Crippen molar-refractivity contribution in [2.45, 2.75) is 33.6 Å². The largest absolute Gasteiger partial charge is 0.494 e. The molecule has 0 aliphatic carbocycles. The number of H-pyrrole nitrogens is 1. The van der Waals surface area contributed by atoms with Gasteiger partial charge < -0.3 is 10.5 Å². The van der Waals surface area contributed by atoms with Gasteiger partial charge in [0.25, 0.3) is 5.91 Å². The molecule has 0 bridgehead atoms. The number of rotatable bonds is 5. The molecule has 21 heavy (non-hydrogen) atoms. The summed E-state index contributed by atoms with van der Waals surface area (Å²) < 4.78 is 5.69. The van der Waals surface area contributed by atoms with E-state index in [0.717, 1.165) is 22.4 Å². The van der Waals surface area contributed by atoms with Crippen LogP contribution in [0.1, 0.15) is 48.3 Å². The smallest absolute Gasteiger partial charge is 0.271 e. The summed E-state index contributed by atoms with van der Waals surface area (Å²) in [6, 6.07) is 3.96. The molecule has 1 heterocycles. The minimum absolute atomic E-state index is 0.150. The Labute approximate surface area is 123 Å². The lowest BCUT2D eigenvalue weighted by Crippen LogP contribution is -2.13. The topological polar surface area (TPSA) is 93.9 Å². The zero-order valence-corrected chi connectivity index (χ0v) is 12.7. The Kier molecular flexibility index (Phi) is 4.26. The van der Waals surface area contributed by atoms with Crippen molar-refractivity contribution in [3.05, 3.63) is 29.0 Å². The van der Waals surface area contributed by atoms with Crippen LogP contribution in [0.3, 0.4) is 0 Å². The van der Waals surface area contributed by atoms with E-state index in [0.29, 0.717) is 12.3 Å². The van der Waals surface area contributed by atoms with Crippen molar-refractivity contribution in [1.29, 1.82) is 0 Å². The van der Waals surface area contributed by atoms with Gasteiger partial charge in [0.15, 0.2) is 5.69 Å². The Bertz CT molecular complexity index is 662. The van der Waals surface area contributed by atoms with Crippen LogP contribution in [0, 0.1) is 6.92 Å². The molecule has 0 aliphatic rings. The van der Waals surface area contributed by atoms with E-state index in [-0.39, 0.29) is 11.6 Å². The van der Waals surface area contributed by atoms with Crippen molar-refractivity contribution in [2.24, 2.45) is 5.73 Å². The number of aromatic nitrogens is 3. The molecule has 112 valence electrons. The van der Waals surface area contributed by atoms with Crippen molar-refractivity contribution in [1.82, 2.24) is 15.4 Å². The number of nitrogens with zero attached hydrogens (tertiary/aromatic N) is 2. The molecular weight excluding hydrogens is 268 g/mol. The van der Waals surface area contributed by atoms with Crippen LogP contribution in [0.25, 0.3) is 11.3 Å². The summed E-state index contributed by atoms with van der Waals surface area (Å²) in [6.07, 6.45) is 0. The van der Waals surface area contributed by atoms with Gasteiger partial charge in [0, 0.05) is 5.56 Å². The number of nitrogens with one attached hydrogen (secondary N) is 1. The average Bonchev–Trinajstić information content (AvgIpc) is 2.88. The van der Waals surface area contributed by atoms with Crippen LogP contribution in [-0.4, -0.2) is 27.9 Å². The van der Waals surface area contributed by atoms with E-state index in [9.17, 15) is 4.79 Å². The summed E-state index contributed by atoms with van der Waals surface area (Å²) in [6.45, 7) is 8.69. The third kappa shape index (κ3) is 2.89. The fourth-order valence-corrected chi connectivity index (χ4v) is 2.28. The molecule has 0 aliphatic heterocycles. The first-order valence-corrected chi connectivity index (χ1v) is 6.94. The number of hydrogen-bond donors (Lipinski definition) is 2. The van der Waals surface area contributed by atoms with Gasteiger partial charge in [0.2, 0.25) is 0 Å². The Morgan fingerprint density at radius 2 is 2.10 bits per heavy atom. The molecule has 0 fully saturated rings. The quantitative estimate of drug-likeness (QED) is 0.883. The van der Waals surface area contributed by atoms with Gasteiger partial charge in [-0.2, -0.15) is 15.4 Å². The highest BCUT2D eigenvalue weighted by Crippen LogP contribution is 2.34. The van der Waals surface area contributed by atoms with Crippen LogP contribution in [-0.2, 0) is 0 Å². The maximum Gasteiger partial charge on any atom is 0.271 e. The number of benzene rings is 1. The fraction of sp³-hybridized carbons (Fsp3) is 0.400. The summed E-state index contributed by atoms with van der Waals surface area (Å²) in [5, 5.41) is 10.4. The first-order valence-electron chi connectivity index (χ1n) is 6.94. The van der Waals surface area contributed by atoms with Crippen LogP contribution in [0.2, 0.25) is 0 Å². The van der Waals surface area contributed by atoms with Crippen LogP contribution >= 0.6 is 0 Å². The van der Waals surface area contributed by atoms with Gasteiger partial charge in [-0.25, -0.2) is 0 Å². The third-order valence-corrected chi connectivity index (χ3v) is 3.32. The summed E-state index contributed by atoms with van der Waals surface area (Å²) in [5.41, 5.74) is 8.82. The Morgan fingerprint density at radius 1 is 1.38 bits per heavy atom. The lowest BCUT2D eigenvalue weighted by atomic mass is 9.94. The van der Waals surface area contributed by atoms with Gasteiger partial charge in [-0.1, -0.05) is 13.8 Å². The molecule has 0 unspecified atom stereocenters. The highest BCUT2D eigenvalue weighted by Gasteiger charge is 2.19. The van der Waals surface area contributed by atoms with Crippen LogP contribution in [0.15, 0.2) is 12.1 Å². The molecule has 0 spiro atoms. The second-order valence-corrected chi connectivity index (χ2v) is 5.18. The number of amides is 1. The van der Waals surface area contributed by atoms with Gasteiger partial charge in [-0.05, 0) is 43.0 Å². The number of aromatic amines is 1. The SMILES string of the molecule is CCOc1cc(C)c(-c2n[nH]nc2C(N)=O)cc1C(C)C. The maximum absolute atomic E-state index is 11.4. The highest BCUT2D eigenvalue weighted by atomic mass is 16.5. The molecule has 6 nitrogen and oxygen atoms in total. The van der Waals surface area contributed by atoms with Gasteiger partial charge >= 0.3 is 0 Å². The van der Waals surface area contributed by atoms with Crippen molar-refractivity contribution in [2.75, 3.05) is 6.61 Å². The molecule has 1 aromatic carbocycles. The number of hydrogen-bond acceptors (Lipinski definition) is 4. The van der Waals surface area contributed by atoms with Crippen molar-refractivity contribution < 1.29 is 9.53 Å². The first kappa shape index (κ1) is 15.0. The van der Waals surface area contributed by atoms with E-state index in [1.54, 1.807) is 0 Å². The lowest BCUT2D eigenvalue weighted by molar-refractivity contribution is 0.0996. The van der Waals surface area contributed by atoms with Crippen molar-refractivity contribution in [3.8, 4) is 17.0 Å². The Balaban J connectivity index is 2.61. The maximum atomic E-state index is 11.4. The van der Waals surface area contributed by atoms with Crippen molar-refractivity contribution in [3.63, 3.8) is 0 Å². The third-order valence-electron chi connectivity index (χ3n) is 3.32. The second kappa shape index (κ2) is 5.95. The molecule has 6 heteroatoms. The zero-order valence-electron chi connectivity index (χ0n) is 12.7. The molecule has 3 N–H and O–H groups in total. The average molecular weight is 288 g/mol. The second-order valence-electron chi connectivity index (χ2n) is 5.18. The predicted molar refractivity (Wildman–Crippen MR) is 80.3 cm³/mol. The molecule has 0 saturated heterocycles. The van der Waals surface area contributed by atoms with Crippen LogP contribution in [0.4, 0.5) is 0 Å². The normalized spacial score (nSPS) is 10.9. The summed E-state index contributed by atoms with van der Waals surface area (Å²) >= 11 is 0. The minimum Gasteiger partial charge on any atom is -0.494 e. The Morgan fingerprint density at radius 3 is 2.67 bits per heavy atom. The molecule has 0 atom stereocenters. The first-order chi connectivity index (χ1) is 9.95. The number of aryl methyl sites for hydroxylation is 1. The van der Waals surface area contributed by atoms with E-state index in [1.807, 2.05) is 26.0 Å². The van der Waals surface area contributed by atoms with Gasteiger partial charge in [-0.3, -0.25) is 4.79 Å². The van der Waals surface area contributed by atoms with Crippen LogP contribution in [0.5, 0.6) is 5.75 Å². The predicted octanol–water partition coefficient (Wildman–Crippen LogP) is 2.40. The van der Waals surface area contributed by atoms with Gasteiger partial charge in [-0.15, -0.1) is 0 Å². The molecule has 1 aromatic heterocycles. The van der Waals surface area contributed by atoms with E-state index >= 15 is 0 Å². The number of carbonyl (C=O) groups is 1. The molecule has 1 amide bonds. The van der Waals surface area contributed by atoms with Crippen molar-refractivity contribution >= 4 is 5.91 Å². The number of carbonyl (C=O) groups excluding carboxylic acids is 1. The van der Waals surface area contributed by atoms with E-state index in [2.05, 4.69) is 29.3 Å². The molecule has 0 radical (unpaired) electrons. The van der Waals surface area contributed by atoms with Crippen LogP contribution < -0.4 is 10.5 Å². The number of ether oxygens (including phenoxy) is 1. The lowest BCUT2D eigenvalue weighted by Gasteiger charge is -2.16. The highest BCUT2D eigenvalue weighted by molar-refractivity contribution is 5.97. The summed E-state index contributed by atoms with van der Waals surface area (Å²) in [5.74, 6) is 0.547. The standard InChI is InChI=1S/C15H20N4O2/c1-5-21-12-6-9(4)11(7-10(12)8(2)3)13-14(15(16)20)18-19-17-13/h6-8H,5H2,1-4H3,(H2,16,20)(H,17,18,19). The summed E-state index contributed by atoms with van der Waals surface area (Å²) in [4.78, 5) is 11.4. The van der Waals surface area contributed by atoms with Gasteiger partial charge in [0.05, 0.1) is 6.61 Å². The Hall–Kier alpha value is -2.37. The van der Waals surface area contributed by atoms with Gasteiger partial charge in [0.1, 0.15) is 11.4 Å². The van der Waals surface area contributed by atoms with E-state index in [4.69, 9.17) is 10.5 Å². The molecule has 2 aromatic rings. The molecule has 2 rings (SSSR count). The monoisotopic (exact) mass is 288 g/mol. The fourth-order valence-electron chi connectivity index (χ4n) is 2.28. The van der Waals surface area contributed by atoms with E-state index in [1.165, 1.54) is 0 Å². The zero-order chi connectivity index (χ0) is 15.6. The minimum atomic E-state index is -0.599. The molecule has 0 saturated carbocycles. The molecular formula is C15H20N4O2. The summed E-state index contributed by atoms with van der Waals surface area (Å²) in [7, 11) is 0. The number of primary amides is 1. The number of nitrogens with two attached hydrogens (primary N) is 1.